The molecule has 0 spiro atoms. The van der Waals surface area contributed by atoms with Crippen molar-refractivity contribution in [2.24, 2.45) is 35.0 Å². The molecule has 5 atom stereocenters. The highest BCUT2D eigenvalue weighted by molar-refractivity contribution is 5.08. The Kier molecular flexibility index (Phi) is 2.02. The molecule has 76 valence electrons. The lowest BCUT2D eigenvalue weighted by atomic mass is 9.38. The van der Waals surface area contributed by atoms with Gasteiger partial charge in [0.05, 0.1) is 0 Å². The Bertz CT molecular complexity index is 198. The molecule has 2 aliphatic carbocycles. The van der Waals surface area contributed by atoms with E-state index in [2.05, 4.69) is 34.6 Å². The Morgan fingerprint density at radius 2 is 1.85 bits per heavy atom. The van der Waals surface area contributed by atoms with Crippen molar-refractivity contribution in [3.8, 4) is 0 Å². The maximum atomic E-state index is 2.49. The summed E-state index contributed by atoms with van der Waals surface area (Å²) < 4.78 is 0. The predicted octanol–water partition coefficient (Wildman–Crippen LogP) is 3.96. The highest BCUT2D eigenvalue weighted by atomic mass is 14.6. The van der Waals surface area contributed by atoms with E-state index >= 15 is 0 Å². The van der Waals surface area contributed by atoms with Gasteiger partial charge in [-0.15, -0.1) is 0 Å². The van der Waals surface area contributed by atoms with Crippen LogP contribution in [0.5, 0.6) is 0 Å². The molecular formula is C13H24. The Balaban J connectivity index is 2.05. The molecule has 5 unspecified atom stereocenters. The van der Waals surface area contributed by atoms with Crippen LogP contribution in [-0.2, 0) is 0 Å². The van der Waals surface area contributed by atoms with Gasteiger partial charge in [0.15, 0.2) is 0 Å². The van der Waals surface area contributed by atoms with Gasteiger partial charge in [0, 0.05) is 0 Å². The molecule has 2 rings (SSSR count). The van der Waals surface area contributed by atoms with Crippen molar-refractivity contribution in [1.29, 1.82) is 0 Å². The van der Waals surface area contributed by atoms with Gasteiger partial charge in [-0.25, -0.2) is 0 Å². The van der Waals surface area contributed by atoms with E-state index in [1.807, 2.05) is 0 Å². The van der Waals surface area contributed by atoms with Crippen LogP contribution in [0, 0.1) is 35.0 Å². The van der Waals surface area contributed by atoms with Crippen molar-refractivity contribution in [2.45, 2.75) is 47.5 Å². The summed E-state index contributed by atoms with van der Waals surface area (Å²) in [5, 5.41) is 0. The third-order valence-corrected chi connectivity index (χ3v) is 5.24. The van der Waals surface area contributed by atoms with Crippen molar-refractivity contribution < 1.29 is 0 Å². The van der Waals surface area contributed by atoms with Gasteiger partial charge in [0.2, 0.25) is 0 Å². The molecule has 0 radical (unpaired) electrons. The molecule has 2 fully saturated rings. The summed E-state index contributed by atoms with van der Waals surface area (Å²) in [5.74, 6) is 5.25. The minimum absolute atomic E-state index is 0.598. The first-order chi connectivity index (χ1) is 5.99. The molecule has 0 N–H and O–H groups in total. The van der Waals surface area contributed by atoms with Gasteiger partial charge in [0.25, 0.3) is 0 Å². The van der Waals surface area contributed by atoms with Gasteiger partial charge in [-0.1, -0.05) is 41.0 Å². The van der Waals surface area contributed by atoms with E-state index in [1.54, 1.807) is 0 Å². The molecule has 0 saturated heterocycles. The molecule has 0 bridgehead atoms. The zero-order chi connectivity index (χ0) is 9.80. The molecule has 0 aliphatic heterocycles. The average molecular weight is 180 g/mol. The summed E-state index contributed by atoms with van der Waals surface area (Å²) in [6.45, 7) is 12.2. The normalized spacial score (nSPS) is 49.2. The first-order valence-electron chi connectivity index (χ1n) is 5.99. The first kappa shape index (κ1) is 9.55. The van der Waals surface area contributed by atoms with E-state index in [1.165, 1.54) is 12.8 Å². The molecule has 0 heteroatoms. The number of rotatable bonds is 2. The van der Waals surface area contributed by atoms with Gasteiger partial charge in [-0.2, -0.15) is 0 Å². The first-order valence-corrected chi connectivity index (χ1v) is 5.99. The summed E-state index contributed by atoms with van der Waals surface area (Å²) in [4.78, 5) is 0. The van der Waals surface area contributed by atoms with E-state index in [-0.39, 0.29) is 0 Å². The zero-order valence-electron chi connectivity index (χ0n) is 9.80. The summed E-state index contributed by atoms with van der Waals surface area (Å²) in [6.07, 6.45) is 2.86. The highest BCUT2D eigenvalue weighted by Crippen LogP contribution is 2.66. The van der Waals surface area contributed by atoms with Crippen LogP contribution in [0.25, 0.3) is 0 Å². The lowest BCUT2D eigenvalue weighted by Gasteiger charge is -2.66. The van der Waals surface area contributed by atoms with Crippen LogP contribution in [0.4, 0.5) is 0 Å². The minimum Gasteiger partial charge on any atom is -0.0649 e. The fourth-order valence-electron chi connectivity index (χ4n) is 4.27. The summed E-state index contributed by atoms with van der Waals surface area (Å²) in [6, 6.07) is 0. The molecule has 13 heavy (non-hydrogen) atoms. The van der Waals surface area contributed by atoms with Crippen molar-refractivity contribution in [3.05, 3.63) is 0 Å². The maximum Gasteiger partial charge on any atom is -0.0303 e. The second-order valence-corrected chi connectivity index (χ2v) is 6.18. The maximum absolute atomic E-state index is 2.49. The third kappa shape index (κ3) is 1.10. The van der Waals surface area contributed by atoms with Gasteiger partial charge in [-0.3, -0.25) is 0 Å². The number of fused-ring (bicyclic) bond motifs is 1. The molecule has 0 aromatic heterocycles. The summed E-state index contributed by atoms with van der Waals surface area (Å²) in [5.41, 5.74) is 0.598. The monoisotopic (exact) mass is 180 g/mol. The highest BCUT2D eigenvalue weighted by Gasteiger charge is 2.60. The molecule has 0 heterocycles. The second-order valence-electron chi connectivity index (χ2n) is 6.18. The van der Waals surface area contributed by atoms with Crippen LogP contribution < -0.4 is 0 Å². The second kappa shape index (κ2) is 2.74. The standard InChI is InChI=1S/C13H24/c1-6-13(4,5)12-9(3)11-8(2)7-10(11)12/h8-12H,6-7H2,1-5H3. The molecular weight excluding hydrogens is 156 g/mol. The third-order valence-electron chi connectivity index (χ3n) is 5.24. The molecule has 2 aliphatic rings. The van der Waals surface area contributed by atoms with Crippen molar-refractivity contribution >= 4 is 0 Å². The quantitative estimate of drug-likeness (QED) is 0.603. The molecule has 0 aromatic carbocycles. The topological polar surface area (TPSA) is 0 Å². The van der Waals surface area contributed by atoms with E-state index in [4.69, 9.17) is 0 Å². The Morgan fingerprint density at radius 1 is 1.23 bits per heavy atom. The lowest BCUT2D eigenvalue weighted by Crippen LogP contribution is -2.61. The van der Waals surface area contributed by atoms with Gasteiger partial charge in [0.1, 0.15) is 0 Å². The Labute approximate surface area is 83.1 Å². The largest absolute Gasteiger partial charge is 0.0649 e. The van der Waals surface area contributed by atoms with Crippen LogP contribution in [0.15, 0.2) is 0 Å². The fraction of sp³-hybridized carbons (Fsp3) is 1.00. The van der Waals surface area contributed by atoms with Gasteiger partial charge >= 0.3 is 0 Å². The SMILES string of the molecule is CCC(C)(C)C1C(C)C2C(C)CC21. The summed E-state index contributed by atoms with van der Waals surface area (Å²) in [7, 11) is 0. The average Bonchev–Trinajstić information content (AvgIpc) is 2.01. The van der Waals surface area contributed by atoms with E-state index < -0.39 is 0 Å². The Morgan fingerprint density at radius 3 is 2.23 bits per heavy atom. The Hall–Kier alpha value is 0. The molecule has 2 saturated carbocycles. The van der Waals surface area contributed by atoms with E-state index in [0.29, 0.717) is 5.41 Å². The molecule has 0 amide bonds. The molecule has 0 aromatic rings. The van der Waals surface area contributed by atoms with E-state index in [0.717, 1.165) is 29.6 Å². The zero-order valence-corrected chi connectivity index (χ0v) is 9.80. The van der Waals surface area contributed by atoms with Gasteiger partial charge < -0.3 is 0 Å². The minimum atomic E-state index is 0.598. The van der Waals surface area contributed by atoms with Crippen LogP contribution in [0.1, 0.15) is 47.5 Å². The van der Waals surface area contributed by atoms with Crippen LogP contribution in [0.3, 0.4) is 0 Å². The smallest absolute Gasteiger partial charge is 0.0303 e. The lowest BCUT2D eigenvalue weighted by molar-refractivity contribution is -0.183. The van der Waals surface area contributed by atoms with Crippen LogP contribution in [0.2, 0.25) is 0 Å². The van der Waals surface area contributed by atoms with Crippen LogP contribution >= 0.6 is 0 Å². The fourth-order valence-corrected chi connectivity index (χ4v) is 4.27. The molecule has 0 nitrogen and oxygen atoms in total. The number of hydrogen-bond donors (Lipinski definition) is 0. The van der Waals surface area contributed by atoms with Crippen molar-refractivity contribution in [3.63, 3.8) is 0 Å². The van der Waals surface area contributed by atoms with Gasteiger partial charge in [-0.05, 0) is 41.4 Å². The van der Waals surface area contributed by atoms with Crippen molar-refractivity contribution in [1.82, 2.24) is 0 Å². The predicted molar refractivity (Wildman–Crippen MR) is 57.5 cm³/mol. The van der Waals surface area contributed by atoms with Crippen LogP contribution in [-0.4, -0.2) is 0 Å². The summed E-state index contributed by atoms with van der Waals surface area (Å²) >= 11 is 0. The van der Waals surface area contributed by atoms with E-state index in [9.17, 15) is 0 Å². The number of hydrogen-bond acceptors (Lipinski definition) is 0. The van der Waals surface area contributed by atoms with Crippen molar-refractivity contribution in [2.75, 3.05) is 0 Å².